The molecule has 3 heterocycles. The number of nitrogens with zero attached hydrogens (tertiary/aromatic N) is 3. The molecule has 2 unspecified atom stereocenters. The Bertz CT molecular complexity index is 724. The Labute approximate surface area is 148 Å². The van der Waals surface area contributed by atoms with Gasteiger partial charge in [0.15, 0.2) is 0 Å². The molecule has 2 aliphatic rings. The molecule has 0 aromatic carbocycles. The molecule has 2 aliphatic heterocycles. The van der Waals surface area contributed by atoms with Crippen LogP contribution in [0.4, 0.5) is 5.82 Å². The number of carbonyl (C=O) groups is 1. The number of hydrogen-bond acceptors (Lipinski definition) is 5. The summed E-state index contributed by atoms with van der Waals surface area (Å²) in [5, 5.41) is 4.27. The van der Waals surface area contributed by atoms with Crippen LogP contribution >= 0.6 is 0 Å². The van der Waals surface area contributed by atoms with Crippen molar-refractivity contribution in [2.75, 3.05) is 23.8 Å². The zero-order valence-corrected chi connectivity index (χ0v) is 15.6. The fourth-order valence-electron chi connectivity index (χ4n) is 3.51. The molecular weight excluding hydrogens is 344 g/mol. The highest BCUT2D eigenvalue weighted by Gasteiger charge is 2.34. The first-order valence-electron chi connectivity index (χ1n) is 8.79. The third-order valence-corrected chi connectivity index (χ3v) is 6.15. The molecule has 9 heteroatoms. The lowest BCUT2D eigenvalue weighted by atomic mass is 10.1. The molecule has 0 bridgehead atoms. The van der Waals surface area contributed by atoms with Crippen LogP contribution < -0.4 is 9.62 Å². The predicted octanol–water partition coefficient (Wildman–Crippen LogP) is 0.712. The lowest BCUT2D eigenvalue weighted by molar-refractivity contribution is -0.121. The molecule has 0 saturated carbocycles. The Morgan fingerprint density at radius 2 is 2.12 bits per heavy atom. The Morgan fingerprint density at radius 3 is 2.76 bits per heavy atom. The second-order valence-corrected chi connectivity index (χ2v) is 8.64. The first-order chi connectivity index (χ1) is 11.9. The molecule has 2 fully saturated rings. The summed E-state index contributed by atoms with van der Waals surface area (Å²) in [6.45, 7) is 3.04. The molecule has 2 atom stereocenters. The Balaban J connectivity index is 1.67. The van der Waals surface area contributed by atoms with E-state index in [4.69, 9.17) is 4.74 Å². The number of piperidine rings is 1. The fraction of sp³-hybridized carbons (Fsp3) is 0.750. The second kappa shape index (κ2) is 7.43. The zero-order valence-electron chi connectivity index (χ0n) is 14.8. The van der Waals surface area contributed by atoms with Gasteiger partial charge in [-0.15, -0.1) is 0 Å². The molecule has 0 spiro atoms. The quantitative estimate of drug-likeness (QED) is 0.824. The molecule has 0 aliphatic carbocycles. The number of rotatable bonds is 5. The lowest BCUT2D eigenvalue weighted by Crippen LogP contribution is -2.53. The van der Waals surface area contributed by atoms with Gasteiger partial charge in [-0.05, 0) is 39.0 Å². The van der Waals surface area contributed by atoms with E-state index in [1.165, 1.54) is 0 Å². The van der Waals surface area contributed by atoms with Crippen LogP contribution in [0.2, 0.25) is 0 Å². The van der Waals surface area contributed by atoms with Gasteiger partial charge in [-0.25, -0.2) is 13.1 Å². The van der Waals surface area contributed by atoms with Gasteiger partial charge in [0.2, 0.25) is 15.9 Å². The normalized spacial score (nSPS) is 25.4. The number of aromatic nitrogens is 2. The summed E-state index contributed by atoms with van der Waals surface area (Å²) in [6, 6.07) is 1.11. The molecule has 1 aromatic rings. The van der Waals surface area contributed by atoms with Crippen LogP contribution in [-0.2, 0) is 26.6 Å². The van der Waals surface area contributed by atoms with Gasteiger partial charge in [0.25, 0.3) is 0 Å². The van der Waals surface area contributed by atoms with E-state index in [9.17, 15) is 13.2 Å². The monoisotopic (exact) mass is 370 g/mol. The molecule has 25 heavy (non-hydrogen) atoms. The SMILES string of the molecule is Cc1cc(N2CCCC(NS(=O)(=O)CC3CCCCO3)C2=O)n(C)n1. The van der Waals surface area contributed by atoms with Gasteiger partial charge < -0.3 is 4.74 Å². The van der Waals surface area contributed by atoms with Gasteiger partial charge in [-0.3, -0.25) is 14.4 Å². The molecule has 0 radical (unpaired) electrons. The van der Waals surface area contributed by atoms with Crippen molar-refractivity contribution >= 4 is 21.7 Å². The van der Waals surface area contributed by atoms with Crippen LogP contribution in [0.25, 0.3) is 0 Å². The number of amides is 1. The van der Waals surface area contributed by atoms with E-state index in [1.54, 1.807) is 16.6 Å². The minimum atomic E-state index is -3.57. The lowest BCUT2D eigenvalue weighted by Gasteiger charge is -2.32. The average Bonchev–Trinajstić information content (AvgIpc) is 2.88. The molecule has 3 rings (SSSR count). The number of carbonyl (C=O) groups excluding carboxylic acids is 1. The highest BCUT2D eigenvalue weighted by molar-refractivity contribution is 7.89. The van der Waals surface area contributed by atoms with Gasteiger partial charge in [0, 0.05) is 26.3 Å². The van der Waals surface area contributed by atoms with E-state index in [-0.39, 0.29) is 17.8 Å². The summed E-state index contributed by atoms with van der Waals surface area (Å²) in [5.41, 5.74) is 0.822. The summed E-state index contributed by atoms with van der Waals surface area (Å²) in [7, 11) is -1.79. The number of sulfonamides is 1. The van der Waals surface area contributed by atoms with E-state index >= 15 is 0 Å². The number of aryl methyl sites for hydroxylation is 2. The summed E-state index contributed by atoms with van der Waals surface area (Å²) in [4.78, 5) is 14.4. The summed E-state index contributed by atoms with van der Waals surface area (Å²) in [5.74, 6) is 0.395. The largest absolute Gasteiger partial charge is 0.377 e. The van der Waals surface area contributed by atoms with E-state index in [0.717, 1.165) is 31.4 Å². The topological polar surface area (TPSA) is 93.5 Å². The Hall–Kier alpha value is -1.45. The first-order valence-corrected chi connectivity index (χ1v) is 10.4. The van der Waals surface area contributed by atoms with E-state index < -0.39 is 16.1 Å². The van der Waals surface area contributed by atoms with Crippen molar-refractivity contribution in [3.63, 3.8) is 0 Å². The van der Waals surface area contributed by atoms with Crippen molar-refractivity contribution < 1.29 is 17.9 Å². The van der Waals surface area contributed by atoms with Crippen molar-refractivity contribution in [3.05, 3.63) is 11.8 Å². The van der Waals surface area contributed by atoms with Crippen molar-refractivity contribution in [2.45, 2.75) is 51.2 Å². The second-order valence-electron chi connectivity index (χ2n) is 6.84. The number of nitrogens with one attached hydrogen (secondary N) is 1. The predicted molar refractivity (Wildman–Crippen MR) is 93.8 cm³/mol. The van der Waals surface area contributed by atoms with Crippen LogP contribution in [0.5, 0.6) is 0 Å². The maximum absolute atomic E-state index is 12.8. The Morgan fingerprint density at radius 1 is 1.32 bits per heavy atom. The third-order valence-electron chi connectivity index (χ3n) is 4.69. The highest BCUT2D eigenvalue weighted by atomic mass is 32.2. The maximum atomic E-state index is 12.8. The van der Waals surface area contributed by atoms with Crippen molar-refractivity contribution in [3.8, 4) is 0 Å². The standard InChI is InChI=1S/C16H26N4O4S/c1-12-10-15(19(2)17-12)20-8-5-7-14(16(20)21)18-25(22,23)11-13-6-3-4-9-24-13/h10,13-14,18H,3-9,11H2,1-2H3. The third kappa shape index (κ3) is 4.39. The molecule has 1 amide bonds. The average molecular weight is 370 g/mol. The number of anilines is 1. The van der Waals surface area contributed by atoms with Crippen LogP contribution in [0, 0.1) is 6.92 Å². The number of hydrogen-bond donors (Lipinski definition) is 1. The minimum absolute atomic E-state index is 0.0817. The van der Waals surface area contributed by atoms with Crippen LogP contribution in [0.1, 0.15) is 37.8 Å². The fourth-order valence-corrected chi connectivity index (χ4v) is 5.01. The number of ether oxygens (including phenoxy) is 1. The summed E-state index contributed by atoms with van der Waals surface area (Å²) in [6.07, 6.45) is 3.68. The molecular formula is C16H26N4O4S. The van der Waals surface area contributed by atoms with Crippen molar-refractivity contribution in [1.29, 1.82) is 0 Å². The van der Waals surface area contributed by atoms with Gasteiger partial charge in [-0.2, -0.15) is 5.10 Å². The summed E-state index contributed by atoms with van der Waals surface area (Å²) < 4.78 is 34.6. The van der Waals surface area contributed by atoms with E-state index in [2.05, 4.69) is 9.82 Å². The molecule has 1 N–H and O–H groups in total. The van der Waals surface area contributed by atoms with Gasteiger partial charge in [-0.1, -0.05) is 0 Å². The smallest absolute Gasteiger partial charge is 0.246 e. The zero-order chi connectivity index (χ0) is 18.0. The Kier molecular flexibility index (Phi) is 5.45. The molecule has 1 aromatic heterocycles. The van der Waals surface area contributed by atoms with Crippen LogP contribution in [0.15, 0.2) is 6.07 Å². The van der Waals surface area contributed by atoms with E-state index in [0.29, 0.717) is 25.4 Å². The highest BCUT2D eigenvalue weighted by Crippen LogP contribution is 2.22. The molecule has 8 nitrogen and oxygen atoms in total. The maximum Gasteiger partial charge on any atom is 0.246 e. The molecule has 140 valence electrons. The molecule has 2 saturated heterocycles. The van der Waals surface area contributed by atoms with Gasteiger partial charge in [0.05, 0.1) is 17.6 Å². The first kappa shape index (κ1) is 18.3. The van der Waals surface area contributed by atoms with Gasteiger partial charge >= 0.3 is 0 Å². The minimum Gasteiger partial charge on any atom is -0.377 e. The van der Waals surface area contributed by atoms with Crippen LogP contribution in [0.3, 0.4) is 0 Å². The van der Waals surface area contributed by atoms with Gasteiger partial charge in [0.1, 0.15) is 11.9 Å². The van der Waals surface area contributed by atoms with E-state index in [1.807, 2.05) is 13.0 Å². The van der Waals surface area contributed by atoms with Crippen LogP contribution in [-0.4, -0.2) is 55.2 Å². The van der Waals surface area contributed by atoms with Crippen molar-refractivity contribution in [2.24, 2.45) is 7.05 Å². The van der Waals surface area contributed by atoms with Crippen molar-refractivity contribution in [1.82, 2.24) is 14.5 Å². The summed E-state index contributed by atoms with van der Waals surface area (Å²) >= 11 is 0.